The molecule has 0 aromatic carbocycles. The van der Waals surface area contributed by atoms with E-state index in [0.717, 1.165) is 57.8 Å². The topological polar surface area (TPSA) is 95.9 Å². The van der Waals surface area contributed by atoms with Crippen LogP contribution < -0.4 is 5.32 Å². The van der Waals surface area contributed by atoms with Crippen molar-refractivity contribution >= 4 is 11.9 Å². The number of rotatable bonds is 54. The lowest BCUT2D eigenvalue weighted by molar-refractivity contribution is -0.151. The quantitative estimate of drug-likeness (QED) is 0.0321. The van der Waals surface area contributed by atoms with Crippen molar-refractivity contribution in [3.63, 3.8) is 0 Å². The van der Waals surface area contributed by atoms with Crippen LogP contribution in [0.2, 0.25) is 0 Å². The lowest BCUT2D eigenvalue weighted by Crippen LogP contribution is -2.46. The Bertz CT molecular complexity index is 1040. The molecule has 3 atom stereocenters. The molecule has 0 fully saturated rings. The molecule has 6 nitrogen and oxygen atoms in total. The normalized spacial score (nSPS) is 13.2. The van der Waals surface area contributed by atoms with Crippen LogP contribution in [0.3, 0.4) is 0 Å². The fourth-order valence-corrected chi connectivity index (χ4v) is 9.25. The largest absolute Gasteiger partial charge is 0.462 e. The smallest absolute Gasteiger partial charge is 0.306 e. The Hall–Kier alpha value is -1.66. The van der Waals surface area contributed by atoms with E-state index in [0.29, 0.717) is 19.3 Å². The van der Waals surface area contributed by atoms with Crippen LogP contribution in [0.25, 0.3) is 0 Å². The lowest BCUT2D eigenvalue weighted by Gasteiger charge is -2.24. The number of nitrogens with one attached hydrogen (secondary N) is 1. The second-order valence-corrected chi connectivity index (χ2v) is 20.4. The van der Waals surface area contributed by atoms with E-state index in [4.69, 9.17) is 4.74 Å². The van der Waals surface area contributed by atoms with Gasteiger partial charge in [0.15, 0.2) is 0 Å². The van der Waals surface area contributed by atoms with Gasteiger partial charge in [-0.1, -0.05) is 257 Å². The summed E-state index contributed by atoms with van der Waals surface area (Å²) in [7, 11) is 0. The first-order chi connectivity index (χ1) is 32.5. The van der Waals surface area contributed by atoms with Crippen molar-refractivity contribution in [3.05, 3.63) is 24.3 Å². The molecular formula is C60H115NO5. The number of aliphatic hydroxyl groups is 2. The fraction of sp³-hybridized carbons (Fsp3) is 0.900. The second-order valence-electron chi connectivity index (χ2n) is 20.4. The van der Waals surface area contributed by atoms with Crippen molar-refractivity contribution in [2.24, 2.45) is 0 Å². The third kappa shape index (κ3) is 48.8. The summed E-state index contributed by atoms with van der Waals surface area (Å²) >= 11 is 0. The Morgan fingerprint density at radius 1 is 0.424 bits per heavy atom. The summed E-state index contributed by atoms with van der Waals surface area (Å²) in [6.45, 7) is 6.51. The van der Waals surface area contributed by atoms with Gasteiger partial charge in [-0.25, -0.2) is 0 Å². The molecule has 0 spiro atoms. The van der Waals surface area contributed by atoms with Crippen molar-refractivity contribution < 1.29 is 24.5 Å². The Labute approximate surface area is 411 Å². The highest BCUT2D eigenvalue weighted by Crippen LogP contribution is 2.18. The maximum absolute atomic E-state index is 13.3. The molecule has 6 heteroatoms. The SMILES string of the molecule is CCCCCCCC/C=C/CCCCCCCCCC(=O)OC(CCCCC/C=C/CCCCCCCCCCC)CC(=O)NC(CO)C(O)CCCCCCCCCCCCCCCC. The van der Waals surface area contributed by atoms with Gasteiger partial charge in [0, 0.05) is 6.42 Å². The van der Waals surface area contributed by atoms with E-state index in [2.05, 4.69) is 50.4 Å². The summed E-state index contributed by atoms with van der Waals surface area (Å²) in [5.74, 6) is -0.476. The third-order valence-electron chi connectivity index (χ3n) is 13.8. The van der Waals surface area contributed by atoms with Gasteiger partial charge in [-0.3, -0.25) is 9.59 Å². The van der Waals surface area contributed by atoms with Crippen LogP contribution >= 0.6 is 0 Å². The first kappa shape index (κ1) is 64.3. The summed E-state index contributed by atoms with van der Waals surface area (Å²) < 4.78 is 5.96. The number of ether oxygens (including phenoxy) is 1. The molecule has 0 heterocycles. The van der Waals surface area contributed by atoms with Gasteiger partial charge < -0.3 is 20.3 Å². The predicted molar refractivity (Wildman–Crippen MR) is 287 cm³/mol. The molecule has 0 aliphatic heterocycles. The molecule has 3 N–H and O–H groups in total. The first-order valence-electron chi connectivity index (χ1n) is 29.6. The van der Waals surface area contributed by atoms with Gasteiger partial charge in [0.05, 0.1) is 25.2 Å². The number of aliphatic hydroxyl groups excluding tert-OH is 2. The summed E-state index contributed by atoms with van der Waals surface area (Å²) in [6.07, 6.45) is 63.9. The minimum atomic E-state index is -0.790. The fourth-order valence-electron chi connectivity index (χ4n) is 9.25. The Morgan fingerprint density at radius 2 is 0.727 bits per heavy atom. The van der Waals surface area contributed by atoms with Crippen LogP contribution in [-0.2, 0) is 14.3 Å². The Morgan fingerprint density at radius 3 is 1.09 bits per heavy atom. The highest BCUT2D eigenvalue weighted by atomic mass is 16.5. The molecule has 0 aromatic rings. The van der Waals surface area contributed by atoms with Crippen molar-refractivity contribution in [2.45, 2.75) is 341 Å². The van der Waals surface area contributed by atoms with Gasteiger partial charge in [-0.05, 0) is 77.0 Å². The lowest BCUT2D eigenvalue weighted by atomic mass is 10.0. The number of carbonyl (C=O) groups is 2. The number of amides is 1. The Balaban J connectivity index is 4.55. The predicted octanol–water partition coefficient (Wildman–Crippen LogP) is 18.2. The molecule has 66 heavy (non-hydrogen) atoms. The maximum atomic E-state index is 13.3. The van der Waals surface area contributed by atoms with Gasteiger partial charge in [0.25, 0.3) is 0 Å². The van der Waals surface area contributed by atoms with Gasteiger partial charge >= 0.3 is 5.97 Å². The molecular weight excluding hydrogens is 815 g/mol. The summed E-state index contributed by atoms with van der Waals surface area (Å²) in [5, 5.41) is 23.9. The molecule has 0 saturated carbocycles. The molecule has 0 bridgehead atoms. The van der Waals surface area contributed by atoms with Crippen LogP contribution in [0, 0.1) is 0 Å². The van der Waals surface area contributed by atoms with E-state index in [1.165, 1.54) is 218 Å². The van der Waals surface area contributed by atoms with Crippen LogP contribution in [0.4, 0.5) is 0 Å². The molecule has 0 aliphatic rings. The molecule has 0 aromatic heterocycles. The van der Waals surface area contributed by atoms with Crippen molar-refractivity contribution in [3.8, 4) is 0 Å². The average molecular weight is 931 g/mol. The van der Waals surface area contributed by atoms with Crippen LogP contribution in [-0.4, -0.2) is 46.9 Å². The van der Waals surface area contributed by atoms with E-state index in [-0.39, 0.29) is 24.9 Å². The molecule has 0 rings (SSSR count). The standard InChI is InChI=1S/C60H115NO5/c1-4-7-10-13-16-19-22-25-28-30-32-35-38-41-44-47-50-53-60(65)66-56(51-48-45-42-39-36-33-31-29-26-23-20-17-14-11-8-5-2)54-59(64)61-57(55-62)58(63)52-49-46-43-40-37-34-27-24-21-18-15-12-9-6-3/h25,28,33,36,56-58,62-63H,4-24,26-27,29-32,34-35,37-55H2,1-3H3,(H,61,64)/b28-25+,36-33+. The molecule has 0 aliphatic carbocycles. The number of hydrogen-bond donors (Lipinski definition) is 3. The number of hydrogen-bond acceptors (Lipinski definition) is 5. The minimum Gasteiger partial charge on any atom is -0.462 e. The molecule has 0 radical (unpaired) electrons. The van der Waals surface area contributed by atoms with E-state index in [9.17, 15) is 19.8 Å². The molecule has 0 saturated heterocycles. The van der Waals surface area contributed by atoms with Crippen LogP contribution in [0.1, 0.15) is 323 Å². The first-order valence-corrected chi connectivity index (χ1v) is 29.6. The summed E-state index contributed by atoms with van der Waals surface area (Å²) in [6, 6.07) is -0.704. The van der Waals surface area contributed by atoms with Crippen LogP contribution in [0.15, 0.2) is 24.3 Å². The van der Waals surface area contributed by atoms with E-state index in [1.807, 2.05) is 0 Å². The van der Waals surface area contributed by atoms with Crippen LogP contribution in [0.5, 0.6) is 0 Å². The van der Waals surface area contributed by atoms with Gasteiger partial charge in [0.1, 0.15) is 6.10 Å². The van der Waals surface area contributed by atoms with Gasteiger partial charge in [-0.2, -0.15) is 0 Å². The summed E-state index contributed by atoms with van der Waals surface area (Å²) in [4.78, 5) is 26.3. The highest BCUT2D eigenvalue weighted by Gasteiger charge is 2.24. The number of carbonyl (C=O) groups excluding carboxylic acids is 2. The number of esters is 1. The van der Waals surface area contributed by atoms with Gasteiger partial charge in [-0.15, -0.1) is 0 Å². The monoisotopic (exact) mass is 930 g/mol. The minimum absolute atomic E-state index is 0.0701. The van der Waals surface area contributed by atoms with Crippen molar-refractivity contribution in [1.29, 1.82) is 0 Å². The zero-order chi connectivity index (χ0) is 48.1. The molecule has 390 valence electrons. The van der Waals surface area contributed by atoms with E-state index in [1.54, 1.807) is 0 Å². The number of unbranched alkanes of at least 4 members (excludes halogenated alkanes) is 38. The summed E-state index contributed by atoms with van der Waals surface area (Å²) in [5.41, 5.74) is 0. The highest BCUT2D eigenvalue weighted by molar-refractivity contribution is 5.77. The average Bonchev–Trinajstić information content (AvgIpc) is 3.31. The van der Waals surface area contributed by atoms with E-state index >= 15 is 0 Å². The maximum Gasteiger partial charge on any atom is 0.306 e. The number of allylic oxidation sites excluding steroid dienone is 4. The second kappa shape index (κ2) is 54.3. The zero-order valence-electron chi connectivity index (χ0n) is 44.6. The Kier molecular flexibility index (Phi) is 52.9. The molecule has 3 unspecified atom stereocenters. The third-order valence-corrected chi connectivity index (χ3v) is 13.8. The molecule has 1 amide bonds. The zero-order valence-corrected chi connectivity index (χ0v) is 44.6. The van der Waals surface area contributed by atoms with Crippen molar-refractivity contribution in [1.82, 2.24) is 5.32 Å². The van der Waals surface area contributed by atoms with Crippen molar-refractivity contribution in [2.75, 3.05) is 6.61 Å². The van der Waals surface area contributed by atoms with E-state index < -0.39 is 18.2 Å². The van der Waals surface area contributed by atoms with Gasteiger partial charge in [0.2, 0.25) is 5.91 Å².